The van der Waals surface area contributed by atoms with Gasteiger partial charge in [-0.2, -0.15) is 5.10 Å². The van der Waals surface area contributed by atoms with Crippen molar-refractivity contribution < 1.29 is 0 Å². The van der Waals surface area contributed by atoms with Crippen LogP contribution in [0.15, 0.2) is 28.7 Å². The molecule has 5 heteroatoms. The average molecular weight is 357 g/mol. The number of nitrogens with zero attached hydrogens (tertiary/aromatic N) is 2. The lowest BCUT2D eigenvalue weighted by Crippen LogP contribution is -1.94. The number of thiazole rings is 1. The van der Waals surface area contributed by atoms with E-state index in [1.807, 2.05) is 24.6 Å². The van der Waals surface area contributed by atoms with Gasteiger partial charge in [0.05, 0.1) is 11.9 Å². The standard InChI is InChI=1S/C12H12IN3S/c1-8-4-3-5-11(13)10(8)6-14-16-12-15-9(2)7-17-12/h3-7H,1-2H3,(H,15,16). The minimum absolute atomic E-state index is 0.822. The molecule has 0 fully saturated rings. The first-order valence-electron chi connectivity index (χ1n) is 5.13. The first-order chi connectivity index (χ1) is 8.16. The summed E-state index contributed by atoms with van der Waals surface area (Å²) in [5.41, 5.74) is 6.32. The molecule has 2 aromatic rings. The van der Waals surface area contributed by atoms with Crippen molar-refractivity contribution in [1.29, 1.82) is 0 Å². The van der Waals surface area contributed by atoms with Crippen LogP contribution in [0.2, 0.25) is 0 Å². The van der Waals surface area contributed by atoms with Crippen LogP contribution in [0.25, 0.3) is 0 Å². The summed E-state index contributed by atoms with van der Waals surface area (Å²) in [6.45, 7) is 4.05. The number of aromatic nitrogens is 1. The molecule has 0 saturated heterocycles. The number of nitrogens with one attached hydrogen (secondary N) is 1. The summed E-state index contributed by atoms with van der Waals surface area (Å²) in [6, 6.07) is 6.20. The fourth-order valence-electron chi connectivity index (χ4n) is 1.37. The van der Waals surface area contributed by atoms with Crippen molar-refractivity contribution >= 4 is 45.3 Å². The third-order valence-corrected chi connectivity index (χ3v) is 4.05. The van der Waals surface area contributed by atoms with Crippen LogP contribution in [0.4, 0.5) is 5.13 Å². The molecule has 1 aromatic carbocycles. The third-order valence-electron chi connectivity index (χ3n) is 2.24. The molecule has 1 aromatic heterocycles. The van der Waals surface area contributed by atoms with Crippen molar-refractivity contribution in [3.63, 3.8) is 0 Å². The van der Waals surface area contributed by atoms with Gasteiger partial charge >= 0.3 is 0 Å². The maximum atomic E-state index is 4.28. The van der Waals surface area contributed by atoms with Gasteiger partial charge in [-0.25, -0.2) is 4.98 Å². The summed E-state index contributed by atoms with van der Waals surface area (Å²) in [5.74, 6) is 0. The zero-order valence-electron chi connectivity index (χ0n) is 9.57. The quantitative estimate of drug-likeness (QED) is 0.515. The van der Waals surface area contributed by atoms with Gasteiger partial charge < -0.3 is 0 Å². The van der Waals surface area contributed by atoms with Crippen LogP contribution in [0.5, 0.6) is 0 Å². The highest BCUT2D eigenvalue weighted by Crippen LogP contribution is 2.16. The number of hydrogen-bond donors (Lipinski definition) is 1. The van der Waals surface area contributed by atoms with E-state index in [4.69, 9.17) is 0 Å². The molecule has 0 saturated carbocycles. The number of aryl methyl sites for hydroxylation is 2. The molecule has 0 amide bonds. The number of hydrogen-bond acceptors (Lipinski definition) is 4. The topological polar surface area (TPSA) is 37.3 Å². The van der Waals surface area contributed by atoms with Gasteiger partial charge in [0.2, 0.25) is 5.13 Å². The molecular weight excluding hydrogens is 345 g/mol. The van der Waals surface area contributed by atoms with Crippen LogP contribution < -0.4 is 5.43 Å². The van der Waals surface area contributed by atoms with E-state index in [1.54, 1.807) is 11.3 Å². The van der Waals surface area contributed by atoms with Crippen LogP contribution in [0.3, 0.4) is 0 Å². The van der Waals surface area contributed by atoms with Crippen molar-refractivity contribution in [3.8, 4) is 0 Å². The molecule has 1 heterocycles. The van der Waals surface area contributed by atoms with Crippen molar-refractivity contribution in [3.05, 3.63) is 44.0 Å². The molecule has 0 atom stereocenters. The molecule has 0 aliphatic heterocycles. The van der Waals surface area contributed by atoms with E-state index >= 15 is 0 Å². The Balaban J connectivity index is 2.10. The lowest BCUT2D eigenvalue weighted by atomic mass is 10.1. The molecule has 0 bridgehead atoms. The second-order valence-corrected chi connectivity index (χ2v) is 5.65. The molecule has 88 valence electrons. The number of benzene rings is 1. The average Bonchev–Trinajstić information content (AvgIpc) is 2.69. The van der Waals surface area contributed by atoms with Crippen LogP contribution in [-0.4, -0.2) is 11.2 Å². The minimum Gasteiger partial charge on any atom is -0.253 e. The molecular formula is C12H12IN3S. The zero-order chi connectivity index (χ0) is 12.3. The summed E-state index contributed by atoms with van der Waals surface area (Å²) in [5, 5.41) is 7.03. The fourth-order valence-corrected chi connectivity index (χ4v) is 2.77. The molecule has 0 radical (unpaired) electrons. The molecule has 0 spiro atoms. The van der Waals surface area contributed by atoms with Crippen molar-refractivity contribution in [2.75, 3.05) is 5.43 Å². The Morgan fingerprint density at radius 2 is 2.24 bits per heavy atom. The van der Waals surface area contributed by atoms with Gasteiger partial charge in [-0.05, 0) is 48.1 Å². The van der Waals surface area contributed by atoms with Crippen molar-refractivity contribution in [2.45, 2.75) is 13.8 Å². The summed E-state index contributed by atoms with van der Waals surface area (Å²) in [6.07, 6.45) is 1.84. The number of hydrazone groups is 1. The van der Waals surface area contributed by atoms with Crippen LogP contribution in [-0.2, 0) is 0 Å². The Morgan fingerprint density at radius 3 is 2.88 bits per heavy atom. The normalized spacial score (nSPS) is 11.0. The minimum atomic E-state index is 0.822. The maximum Gasteiger partial charge on any atom is 0.203 e. The molecule has 2 rings (SSSR count). The Hall–Kier alpha value is -0.950. The number of anilines is 1. The van der Waals surface area contributed by atoms with E-state index in [0.29, 0.717) is 0 Å². The van der Waals surface area contributed by atoms with Gasteiger partial charge in [-0.1, -0.05) is 12.1 Å². The highest BCUT2D eigenvalue weighted by molar-refractivity contribution is 14.1. The van der Waals surface area contributed by atoms with Gasteiger partial charge in [-0.3, -0.25) is 5.43 Å². The first kappa shape index (κ1) is 12.5. The Morgan fingerprint density at radius 1 is 1.41 bits per heavy atom. The van der Waals surface area contributed by atoms with Crippen molar-refractivity contribution in [2.24, 2.45) is 5.10 Å². The lowest BCUT2D eigenvalue weighted by Gasteiger charge is -2.02. The lowest BCUT2D eigenvalue weighted by molar-refractivity contribution is 1.22. The highest BCUT2D eigenvalue weighted by Gasteiger charge is 2.00. The Labute approximate surface area is 118 Å². The Kier molecular flexibility index (Phi) is 4.11. The molecule has 17 heavy (non-hydrogen) atoms. The summed E-state index contributed by atoms with van der Waals surface area (Å²) >= 11 is 3.87. The summed E-state index contributed by atoms with van der Waals surface area (Å²) < 4.78 is 1.20. The van der Waals surface area contributed by atoms with E-state index < -0.39 is 0 Å². The van der Waals surface area contributed by atoms with Crippen molar-refractivity contribution in [1.82, 2.24) is 4.98 Å². The fraction of sp³-hybridized carbons (Fsp3) is 0.167. The number of rotatable bonds is 3. The van der Waals surface area contributed by atoms with Gasteiger partial charge in [0, 0.05) is 14.5 Å². The van der Waals surface area contributed by atoms with Crippen LogP contribution >= 0.6 is 33.9 Å². The van der Waals surface area contributed by atoms with Gasteiger partial charge in [0.1, 0.15) is 0 Å². The van der Waals surface area contributed by atoms with Crippen LogP contribution in [0, 0.1) is 17.4 Å². The predicted molar refractivity (Wildman–Crippen MR) is 82.0 cm³/mol. The predicted octanol–water partition coefficient (Wildman–Crippen LogP) is 3.81. The van der Waals surface area contributed by atoms with Gasteiger partial charge in [0.15, 0.2) is 0 Å². The van der Waals surface area contributed by atoms with E-state index in [9.17, 15) is 0 Å². The third kappa shape index (κ3) is 3.26. The maximum absolute atomic E-state index is 4.28. The Bertz CT molecular complexity index is 528. The molecule has 0 aliphatic rings. The van der Waals surface area contributed by atoms with Gasteiger partial charge in [0.25, 0.3) is 0 Å². The second kappa shape index (κ2) is 5.59. The monoisotopic (exact) mass is 357 g/mol. The zero-order valence-corrected chi connectivity index (χ0v) is 12.5. The SMILES string of the molecule is Cc1csc(NN=Cc2c(C)cccc2I)n1. The van der Waals surface area contributed by atoms with E-state index in [2.05, 4.69) is 57.2 Å². The molecule has 3 nitrogen and oxygen atoms in total. The molecule has 0 unspecified atom stereocenters. The van der Waals surface area contributed by atoms with Crippen LogP contribution in [0.1, 0.15) is 16.8 Å². The van der Waals surface area contributed by atoms with E-state index in [1.165, 1.54) is 9.13 Å². The molecule has 1 N–H and O–H groups in total. The largest absolute Gasteiger partial charge is 0.253 e. The molecule has 0 aliphatic carbocycles. The summed E-state index contributed by atoms with van der Waals surface area (Å²) in [4.78, 5) is 4.28. The highest BCUT2D eigenvalue weighted by atomic mass is 127. The van der Waals surface area contributed by atoms with E-state index in [0.717, 1.165) is 16.4 Å². The second-order valence-electron chi connectivity index (χ2n) is 3.63. The number of halogens is 1. The smallest absolute Gasteiger partial charge is 0.203 e. The van der Waals surface area contributed by atoms with Gasteiger partial charge in [-0.15, -0.1) is 11.3 Å². The summed E-state index contributed by atoms with van der Waals surface area (Å²) in [7, 11) is 0. The van der Waals surface area contributed by atoms with E-state index in [-0.39, 0.29) is 0 Å². The first-order valence-corrected chi connectivity index (χ1v) is 7.09.